The Morgan fingerprint density at radius 1 is 0.962 bits per heavy atom. The molecule has 0 spiro atoms. The Morgan fingerprint density at radius 3 is 2.31 bits per heavy atom. The van der Waals surface area contributed by atoms with Gasteiger partial charge in [-0.15, -0.1) is 0 Å². The lowest BCUT2D eigenvalue weighted by molar-refractivity contribution is -0.121. The number of carbonyl (C=O) groups excluding carboxylic acids is 2. The number of hydrogen-bond acceptors (Lipinski definition) is 2. The summed E-state index contributed by atoms with van der Waals surface area (Å²) in [5.74, 6) is -6.16. The van der Waals surface area contributed by atoms with Crippen molar-refractivity contribution in [3.05, 3.63) is 65.2 Å². The van der Waals surface area contributed by atoms with Gasteiger partial charge in [0.25, 0.3) is 0 Å². The summed E-state index contributed by atoms with van der Waals surface area (Å²) in [5, 5.41) is 2.47. The molecule has 2 amide bonds. The number of hydrogen-bond donors (Lipinski definition) is 1. The number of amides is 2. The monoisotopic (exact) mass is 368 g/mol. The van der Waals surface area contributed by atoms with Crippen LogP contribution < -0.4 is 10.2 Å². The Labute approximate surface area is 147 Å². The van der Waals surface area contributed by atoms with E-state index in [0.29, 0.717) is 6.07 Å². The first-order valence-corrected chi connectivity index (χ1v) is 7.73. The van der Waals surface area contributed by atoms with Crippen LogP contribution in [0.25, 0.3) is 0 Å². The maximum absolute atomic E-state index is 13.9. The number of benzene rings is 2. The largest absolute Gasteiger partial charge is 0.354 e. The lowest BCUT2D eigenvalue weighted by Crippen LogP contribution is -2.38. The normalized spacial score (nSPS) is 10.5. The fourth-order valence-electron chi connectivity index (χ4n) is 2.36. The Hall–Kier alpha value is -2.90. The third-order valence-electron chi connectivity index (χ3n) is 3.65. The molecule has 0 aliphatic rings. The highest BCUT2D eigenvalue weighted by molar-refractivity contribution is 5.91. The first-order valence-electron chi connectivity index (χ1n) is 7.73. The van der Waals surface area contributed by atoms with Crippen molar-refractivity contribution in [1.29, 1.82) is 0 Å². The van der Waals surface area contributed by atoms with Gasteiger partial charge in [0.05, 0.1) is 12.1 Å². The van der Waals surface area contributed by atoms with Gasteiger partial charge >= 0.3 is 0 Å². The van der Waals surface area contributed by atoms with Crippen molar-refractivity contribution in [3.8, 4) is 0 Å². The first kappa shape index (κ1) is 19.4. The van der Waals surface area contributed by atoms with Crippen LogP contribution in [0.3, 0.4) is 0 Å². The minimum Gasteiger partial charge on any atom is -0.354 e. The topological polar surface area (TPSA) is 49.4 Å². The summed E-state index contributed by atoms with van der Waals surface area (Å²) < 4.78 is 53.7. The molecule has 0 radical (unpaired) electrons. The van der Waals surface area contributed by atoms with Gasteiger partial charge in [0.1, 0.15) is 5.82 Å². The molecule has 0 saturated heterocycles. The molecule has 1 N–H and O–H groups in total. The van der Waals surface area contributed by atoms with E-state index in [4.69, 9.17) is 0 Å². The molecule has 2 rings (SSSR count). The summed E-state index contributed by atoms with van der Waals surface area (Å²) in [4.78, 5) is 24.4. The van der Waals surface area contributed by atoms with Crippen LogP contribution in [0.5, 0.6) is 0 Å². The minimum absolute atomic E-state index is 0.0781. The van der Waals surface area contributed by atoms with Crippen LogP contribution in [0.2, 0.25) is 0 Å². The maximum Gasteiger partial charge on any atom is 0.224 e. The fraction of sp³-hybridized carbons (Fsp3) is 0.222. The van der Waals surface area contributed by atoms with Crippen molar-refractivity contribution in [2.24, 2.45) is 0 Å². The van der Waals surface area contributed by atoms with Gasteiger partial charge in [0.2, 0.25) is 11.8 Å². The second-order valence-electron chi connectivity index (χ2n) is 5.48. The summed E-state index contributed by atoms with van der Waals surface area (Å²) in [6, 6.07) is 7.43. The van der Waals surface area contributed by atoms with Gasteiger partial charge in [-0.1, -0.05) is 18.2 Å². The number of nitrogens with zero attached hydrogens (tertiary/aromatic N) is 1. The van der Waals surface area contributed by atoms with Crippen LogP contribution in [0.4, 0.5) is 23.2 Å². The predicted octanol–water partition coefficient (Wildman–Crippen LogP) is 2.95. The van der Waals surface area contributed by atoms with Crippen LogP contribution in [0.1, 0.15) is 12.5 Å². The summed E-state index contributed by atoms with van der Waals surface area (Å²) in [6.07, 6.45) is -0.202. The Kier molecular flexibility index (Phi) is 6.32. The van der Waals surface area contributed by atoms with Gasteiger partial charge in [0.15, 0.2) is 17.5 Å². The number of halogens is 4. The van der Waals surface area contributed by atoms with Crippen LogP contribution in [0.15, 0.2) is 36.4 Å². The molecule has 138 valence electrons. The van der Waals surface area contributed by atoms with Gasteiger partial charge in [-0.25, -0.2) is 17.6 Å². The van der Waals surface area contributed by atoms with Crippen molar-refractivity contribution in [2.45, 2.75) is 13.3 Å². The zero-order valence-corrected chi connectivity index (χ0v) is 13.9. The molecule has 0 heterocycles. The van der Waals surface area contributed by atoms with E-state index in [1.165, 1.54) is 18.2 Å². The van der Waals surface area contributed by atoms with E-state index in [1.807, 2.05) is 0 Å². The minimum atomic E-state index is -1.68. The number of carbonyl (C=O) groups is 2. The second kappa shape index (κ2) is 8.46. The molecular weight excluding hydrogens is 352 g/mol. The molecule has 0 aromatic heterocycles. The van der Waals surface area contributed by atoms with Crippen LogP contribution >= 0.6 is 0 Å². The van der Waals surface area contributed by atoms with Crippen LogP contribution in [-0.4, -0.2) is 24.9 Å². The predicted molar refractivity (Wildman–Crippen MR) is 87.5 cm³/mol. The Balaban J connectivity index is 1.99. The first-order chi connectivity index (χ1) is 12.3. The molecule has 0 atom stereocenters. The van der Waals surface area contributed by atoms with Crippen molar-refractivity contribution in [1.82, 2.24) is 5.32 Å². The zero-order chi connectivity index (χ0) is 19.3. The van der Waals surface area contributed by atoms with E-state index in [1.54, 1.807) is 6.07 Å². The molecule has 0 fully saturated rings. The van der Waals surface area contributed by atoms with Gasteiger partial charge in [-0.2, -0.15) is 0 Å². The van der Waals surface area contributed by atoms with Gasteiger partial charge in [0, 0.05) is 20.0 Å². The van der Waals surface area contributed by atoms with Crippen LogP contribution in [0, 0.1) is 23.3 Å². The third-order valence-corrected chi connectivity index (χ3v) is 3.65. The molecule has 0 bridgehead atoms. The lowest BCUT2D eigenvalue weighted by atomic mass is 10.1. The van der Waals surface area contributed by atoms with Gasteiger partial charge in [-0.05, 0) is 23.8 Å². The molecular formula is C18H16F4N2O2. The fourth-order valence-corrected chi connectivity index (χ4v) is 2.36. The molecule has 4 nitrogen and oxygen atoms in total. The van der Waals surface area contributed by atoms with Crippen molar-refractivity contribution < 1.29 is 27.2 Å². The molecule has 2 aromatic carbocycles. The standard InChI is InChI=1S/C18H16F4N2O2/c1-11(25)24(15-7-6-14(20)17(21)18(15)22)9-8-23-16(26)10-12-4-2-3-5-13(12)19/h2-7H,8-10H2,1H3,(H,23,26). The van der Waals surface area contributed by atoms with Gasteiger partial charge < -0.3 is 10.2 Å². The van der Waals surface area contributed by atoms with E-state index in [0.717, 1.165) is 17.9 Å². The average Bonchev–Trinajstić information content (AvgIpc) is 2.59. The van der Waals surface area contributed by atoms with E-state index in [2.05, 4.69) is 5.32 Å². The maximum atomic E-state index is 13.9. The van der Waals surface area contributed by atoms with Crippen LogP contribution in [-0.2, 0) is 16.0 Å². The molecule has 2 aromatic rings. The molecule has 0 unspecified atom stereocenters. The zero-order valence-electron chi connectivity index (χ0n) is 13.9. The molecule has 0 saturated carbocycles. The lowest BCUT2D eigenvalue weighted by Gasteiger charge is -2.22. The highest BCUT2D eigenvalue weighted by Crippen LogP contribution is 2.23. The second-order valence-corrected chi connectivity index (χ2v) is 5.48. The Bertz CT molecular complexity index is 827. The van der Waals surface area contributed by atoms with Gasteiger partial charge in [-0.3, -0.25) is 9.59 Å². The molecule has 26 heavy (non-hydrogen) atoms. The number of anilines is 1. The number of rotatable bonds is 6. The summed E-state index contributed by atoms with van der Waals surface area (Å²) in [7, 11) is 0. The molecule has 8 heteroatoms. The number of nitrogens with one attached hydrogen (secondary N) is 1. The quantitative estimate of drug-likeness (QED) is 0.630. The smallest absolute Gasteiger partial charge is 0.224 e. The highest BCUT2D eigenvalue weighted by atomic mass is 19.2. The van der Waals surface area contributed by atoms with E-state index in [9.17, 15) is 27.2 Å². The SMILES string of the molecule is CC(=O)N(CCNC(=O)Cc1ccccc1F)c1ccc(F)c(F)c1F. The Morgan fingerprint density at radius 2 is 1.65 bits per heavy atom. The van der Waals surface area contributed by atoms with E-state index < -0.39 is 40.8 Å². The summed E-state index contributed by atoms with van der Waals surface area (Å²) in [5.41, 5.74) is -0.222. The average molecular weight is 368 g/mol. The summed E-state index contributed by atoms with van der Waals surface area (Å²) >= 11 is 0. The molecule has 0 aliphatic carbocycles. The van der Waals surface area contributed by atoms with Crippen molar-refractivity contribution in [3.63, 3.8) is 0 Å². The summed E-state index contributed by atoms with van der Waals surface area (Å²) in [6.45, 7) is 0.882. The van der Waals surface area contributed by atoms with E-state index >= 15 is 0 Å². The highest BCUT2D eigenvalue weighted by Gasteiger charge is 2.21. The third kappa shape index (κ3) is 4.59. The van der Waals surface area contributed by atoms with E-state index in [-0.39, 0.29) is 25.1 Å². The van der Waals surface area contributed by atoms with Crippen molar-refractivity contribution in [2.75, 3.05) is 18.0 Å². The van der Waals surface area contributed by atoms with Crippen molar-refractivity contribution >= 4 is 17.5 Å². The molecule has 0 aliphatic heterocycles.